The number of pyridine rings is 3. The average Bonchev–Trinajstić information content (AvgIpc) is 4.13. The van der Waals surface area contributed by atoms with Crippen molar-refractivity contribution in [3.8, 4) is 28.7 Å². The Morgan fingerprint density at radius 3 is 2.26 bits per heavy atom. The van der Waals surface area contributed by atoms with E-state index in [0.29, 0.717) is 129 Å². The highest BCUT2D eigenvalue weighted by molar-refractivity contribution is 5.93. The van der Waals surface area contributed by atoms with Crippen LogP contribution in [0, 0.1) is 19.7 Å². The molecular weight excluding hydrogens is 1020 g/mol. The quantitative estimate of drug-likeness (QED) is 0.0964. The summed E-state index contributed by atoms with van der Waals surface area (Å²) < 4.78 is 36.9. The number of rotatable bonds is 14. The number of hydrogen-bond donors (Lipinski definition) is 2. The largest absolute Gasteiger partial charge is 0.494 e. The van der Waals surface area contributed by atoms with Crippen LogP contribution in [0.2, 0.25) is 0 Å². The van der Waals surface area contributed by atoms with Crippen LogP contribution in [0.15, 0.2) is 129 Å². The van der Waals surface area contributed by atoms with E-state index < -0.39 is 5.82 Å². The number of fused-ring (bicyclic) bond motifs is 4. The van der Waals surface area contributed by atoms with Crippen molar-refractivity contribution in [3.05, 3.63) is 163 Å². The summed E-state index contributed by atoms with van der Waals surface area (Å²) in [5.74, 6) is 3.30. The molecule has 0 unspecified atom stereocenters. The number of methoxy groups -OCH3 is 1. The number of nitrogens with one attached hydrogen (secondary N) is 2. The number of hydrogen-bond acceptors (Lipinski definition) is 18. The number of amides is 2. The van der Waals surface area contributed by atoms with Gasteiger partial charge in [0.15, 0.2) is 34.6 Å². The maximum Gasteiger partial charge on any atom is 0.247 e. The topological polar surface area (TPSA) is 243 Å². The Balaban J connectivity index is 0.686. The summed E-state index contributed by atoms with van der Waals surface area (Å²) in [5.41, 5.74) is 8.11. The molecule has 2 aliphatic heterocycles. The third-order valence-electron chi connectivity index (χ3n) is 13.7. The van der Waals surface area contributed by atoms with Crippen molar-refractivity contribution in [2.75, 3.05) is 37.4 Å². The lowest BCUT2D eigenvalue weighted by Crippen LogP contribution is -2.40. The second kappa shape index (κ2) is 21.1. The van der Waals surface area contributed by atoms with Gasteiger partial charge < -0.3 is 34.6 Å². The van der Waals surface area contributed by atoms with E-state index in [2.05, 4.69) is 62.3 Å². The maximum absolute atomic E-state index is 15.7. The predicted octanol–water partition coefficient (Wildman–Crippen LogP) is 9.20. The number of carbonyl (C=O) groups excluding carboxylic acids is 2. The Kier molecular flexibility index (Phi) is 13.2. The van der Waals surface area contributed by atoms with Crippen LogP contribution in [-0.2, 0) is 9.59 Å². The molecule has 2 aromatic carbocycles. The Labute approximate surface area is 455 Å². The molecule has 10 aromatic rings. The molecule has 23 heteroatoms. The molecule has 2 amide bonds. The van der Waals surface area contributed by atoms with Gasteiger partial charge in [-0.1, -0.05) is 18.7 Å². The molecule has 12 rings (SSSR count). The first-order valence-electron chi connectivity index (χ1n) is 25.4. The summed E-state index contributed by atoms with van der Waals surface area (Å²) in [4.78, 5) is 70.3. The van der Waals surface area contributed by atoms with Gasteiger partial charge in [-0.15, -0.1) is 5.10 Å². The van der Waals surface area contributed by atoms with Gasteiger partial charge in [0, 0.05) is 74.1 Å². The number of carbonyl (C=O) groups is 2. The van der Waals surface area contributed by atoms with Crippen molar-refractivity contribution in [1.82, 2.24) is 73.9 Å². The number of aryl methyl sites for hydroxylation is 2. The van der Waals surface area contributed by atoms with E-state index >= 15 is 4.39 Å². The highest BCUT2D eigenvalue weighted by Crippen LogP contribution is 2.36. The molecule has 0 saturated carbocycles. The summed E-state index contributed by atoms with van der Waals surface area (Å²) in [7, 11) is 1.60. The number of nitrogens with zero attached hydrogens (tertiary/aromatic N) is 15. The fraction of sp³-hybridized carbons (Fsp3) is 0.175. The Morgan fingerprint density at radius 1 is 0.738 bits per heavy atom. The molecule has 0 radical (unpaired) electrons. The summed E-state index contributed by atoms with van der Waals surface area (Å²) in [6.07, 6.45) is 18.7. The normalized spacial score (nSPS) is 14.6. The molecule has 0 aliphatic carbocycles. The van der Waals surface area contributed by atoms with Crippen LogP contribution >= 0.6 is 0 Å². The van der Waals surface area contributed by atoms with Gasteiger partial charge in [0.2, 0.25) is 11.8 Å². The molecule has 10 heterocycles. The monoisotopic (exact) mass is 1070 g/mol. The van der Waals surface area contributed by atoms with E-state index in [4.69, 9.17) is 24.2 Å². The molecule has 0 spiro atoms. The molecule has 2 N–H and O–H groups in total. The zero-order valence-electron chi connectivity index (χ0n) is 43.6. The standard InChI is InChI=1S/C57H48FN17O5/c1-6-50(76)72-16-11-35(12-17-72)52-46(78-5)27-42-53(69-52)56(63-29-60-42)66-37-7-8-44(32(2)21-37)79-39-15-20-75-49(25-39)68-47(71-75)9-10-51(77)73-18-13-36(23-34(73)4)55-59-28-43-54(70-55)57(64-30-61-43)67-41-22-33(3)45(26-40(41)58)80-38-14-19-74-48(24-38)62-31-65-74/h6-11,13-15,19-22,24-31,34H,1,12,16-18,23H2,2-5H3,(H,60,63,66)(H,61,64,67)/b10-9-/t34-/m0/s1. The van der Waals surface area contributed by atoms with Crippen LogP contribution in [0.1, 0.15) is 48.2 Å². The zero-order valence-corrected chi connectivity index (χ0v) is 43.6. The molecule has 398 valence electrons. The van der Waals surface area contributed by atoms with E-state index in [1.165, 1.54) is 37.2 Å². The van der Waals surface area contributed by atoms with Crippen LogP contribution < -0.4 is 24.8 Å². The number of benzene rings is 2. The Hall–Kier alpha value is -10.6. The van der Waals surface area contributed by atoms with Crippen LogP contribution in [0.4, 0.5) is 27.4 Å². The number of ether oxygens (including phenoxy) is 3. The SMILES string of the molecule is C=CC(=O)N1CC=C(c2nc3c(Nc4ccc(Oc5ccn6nc(/C=C\C(=O)N7CC=C(c8ncc9ncnc(Nc%10cc(C)c(Oc%11ccn%12ncnc%12c%11)cc%10F)c9n8)C[C@@H]7C)nc6c5)c(C)c4)ncnc3cc2OC)CC1. The van der Waals surface area contributed by atoms with Crippen molar-refractivity contribution in [2.24, 2.45) is 0 Å². The van der Waals surface area contributed by atoms with Gasteiger partial charge in [-0.3, -0.25) is 9.59 Å². The second-order valence-corrected chi connectivity index (χ2v) is 18.9. The molecule has 0 fully saturated rings. The molecule has 8 aromatic heterocycles. The molecule has 0 saturated heterocycles. The molecule has 80 heavy (non-hydrogen) atoms. The first-order valence-corrected chi connectivity index (χ1v) is 25.4. The third kappa shape index (κ3) is 10.1. The molecule has 0 bridgehead atoms. The van der Waals surface area contributed by atoms with Gasteiger partial charge in [-0.05, 0) is 104 Å². The maximum atomic E-state index is 15.7. The van der Waals surface area contributed by atoms with Crippen molar-refractivity contribution in [1.29, 1.82) is 0 Å². The molecule has 1 atom stereocenters. The van der Waals surface area contributed by atoms with Gasteiger partial charge >= 0.3 is 0 Å². The van der Waals surface area contributed by atoms with Gasteiger partial charge in [-0.2, -0.15) is 5.10 Å². The first kappa shape index (κ1) is 50.2. The van der Waals surface area contributed by atoms with Crippen molar-refractivity contribution >= 4 is 85.4 Å². The Bertz CT molecular complexity index is 4230. The lowest BCUT2D eigenvalue weighted by atomic mass is 10.0. The van der Waals surface area contributed by atoms with Crippen LogP contribution in [0.5, 0.6) is 28.7 Å². The summed E-state index contributed by atoms with van der Waals surface area (Å²) in [6, 6.07) is 17.3. The van der Waals surface area contributed by atoms with Crippen molar-refractivity contribution < 1.29 is 28.2 Å². The predicted molar refractivity (Wildman–Crippen MR) is 296 cm³/mol. The Morgan fingerprint density at radius 2 is 1.49 bits per heavy atom. The molecule has 22 nitrogen and oxygen atoms in total. The smallest absolute Gasteiger partial charge is 0.247 e. The average molecular weight is 1070 g/mol. The van der Waals surface area contributed by atoms with Gasteiger partial charge in [0.1, 0.15) is 75.8 Å². The van der Waals surface area contributed by atoms with Crippen LogP contribution in [0.3, 0.4) is 0 Å². The third-order valence-corrected chi connectivity index (χ3v) is 13.7. The minimum absolute atomic E-state index is 0.114. The van der Waals surface area contributed by atoms with Gasteiger partial charge in [0.05, 0.1) is 24.5 Å². The minimum atomic E-state index is -0.559. The lowest BCUT2D eigenvalue weighted by molar-refractivity contribution is -0.127. The fourth-order valence-corrected chi connectivity index (χ4v) is 9.49. The molecule has 2 aliphatic rings. The van der Waals surface area contributed by atoms with Gasteiger partial charge in [-0.25, -0.2) is 58.3 Å². The molecular formula is C57H48FN17O5. The number of aromatic nitrogens is 13. The highest BCUT2D eigenvalue weighted by atomic mass is 19.1. The van der Waals surface area contributed by atoms with Gasteiger partial charge in [0.25, 0.3) is 0 Å². The van der Waals surface area contributed by atoms with E-state index in [9.17, 15) is 9.59 Å². The van der Waals surface area contributed by atoms with Crippen molar-refractivity contribution in [3.63, 3.8) is 0 Å². The lowest BCUT2D eigenvalue weighted by Gasteiger charge is -2.32. The van der Waals surface area contributed by atoms with Crippen molar-refractivity contribution in [2.45, 2.75) is 39.7 Å². The minimum Gasteiger partial charge on any atom is -0.494 e. The van der Waals surface area contributed by atoms with E-state index in [0.717, 1.165) is 22.4 Å². The highest BCUT2D eigenvalue weighted by Gasteiger charge is 2.26. The summed E-state index contributed by atoms with van der Waals surface area (Å²) in [6.45, 7) is 10.6. The van der Waals surface area contributed by atoms with Crippen LogP contribution in [0.25, 0.3) is 50.6 Å². The number of halogens is 1. The van der Waals surface area contributed by atoms with Crippen LogP contribution in [-0.4, -0.2) is 118 Å². The summed E-state index contributed by atoms with van der Waals surface area (Å²) >= 11 is 0. The van der Waals surface area contributed by atoms with E-state index in [1.54, 1.807) is 80.9 Å². The zero-order chi connectivity index (χ0) is 55.0. The summed E-state index contributed by atoms with van der Waals surface area (Å²) in [5, 5.41) is 15.1. The number of anilines is 4. The first-order chi connectivity index (χ1) is 38.9. The fourth-order valence-electron chi connectivity index (χ4n) is 9.49. The van der Waals surface area contributed by atoms with E-state index in [1.807, 2.05) is 57.2 Å². The van der Waals surface area contributed by atoms with E-state index in [-0.39, 0.29) is 23.5 Å². The second-order valence-electron chi connectivity index (χ2n) is 18.9.